The smallest absolute Gasteiger partial charge is 0.121 e. The number of pyridine rings is 1. The Morgan fingerprint density at radius 2 is 1.80 bits per heavy atom. The van der Waals surface area contributed by atoms with Gasteiger partial charge < -0.3 is 5.11 Å². The van der Waals surface area contributed by atoms with Crippen molar-refractivity contribution in [2.45, 2.75) is 45.1 Å². The van der Waals surface area contributed by atoms with Crippen molar-refractivity contribution in [3.63, 3.8) is 0 Å². The molecular formula is C18H21NO. The summed E-state index contributed by atoms with van der Waals surface area (Å²) in [6.07, 6.45) is 5.31. The number of aromatic nitrogens is 1. The van der Waals surface area contributed by atoms with E-state index >= 15 is 0 Å². The minimum atomic E-state index is -0.621. The molecule has 104 valence electrons. The molecule has 1 aliphatic carbocycles. The van der Waals surface area contributed by atoms with Gasteiger partial charge in [0.2, 0.25) is 0 Å². The van der Waals surface area contributed by atoms with E-state index in [1.54, 1.807) is 0 Å². The molecule has 1 atom stereocenters. The summed E-state index contributed by atoms with van der Waals surface area (Å²) in [6.45, 7) is 2.06. The molecular weight excluding hydrogens is 246 g/mol. The molecule has 1 aliphatic rings. The first-order valence-electron chi connectivity index (χ1n) is 7.48. The van der Waals surface area contributed by atoms with Crippen molar-refractivity contribution in [3.05, 3.63) is 64.5 Å². The van der Waals surface area contributed by atoms with Crippen LogP contribution in [0.5, 0.6) is 0 Å². The fourth-order valence-electron chi connectivity index (χ4n) is 3.01. The zero-order valence-corrected chi connectivity index (χ0v) is 12.0. The summed E-state index contributed by atoms with van der Waals surface area (Å²) < 4.78 is 0. The van der Waals surface area contributed by atoms with Crippen LogP contribution < -0.4 is 0 Å². The van der Waals surface area contributed by atoms with Crippen LogP contribution in [-0.2, 0) is 12.8 Å². The van der Waals surface area contributed by atoms with Gasteiger partial charge in [-0.15, -0.1) is 0 Å². The molecule has 0 radical (unpaired) electrons. The highest BCUT2D eigenvalue weighted by atomic mass is 16.3. The maximum absolute atomic E-state index is 10.6. The number of aryl methyl sites for hydroxylation is 3. The number of aliphatic hydroxyl groups is 1. The highest BCUT2D eigenvalue weighted by molar-refractivity contribution is 5.36. The quantitative estimate of drug-likeness (QED) is 0.841. The van der Waals surface area contributed by atoms with Crippen LogP contribution in [0.25, 0.3) is 0 Å². The van der Waals surface area contributed by atoms with Crippen LogP contribution in [0.2, 0.25) is 0 Å². The Morgan fingerprint density at radius 1 is 1.05 bits per heavy atom. The summed E-state index contributed by atoms with van der Waals surface area (Å²) in [4.78, 5) is 4.80. The van der Waals surface area contributed by atoms with Gasteiger partial charge in [-0.2, -0.15) is 0 Å². The lowest BCUT2D eigenvalue weighted by Gasteiger charge is -2.16. The molecule has 2 nitrogen and oxygen atoms in total. The highest BCUT2D eigenvalue weighted by Crippen LogP contribution is 2.27. The summed E-state index contributed by atoms with van der Waals surface area (Å²) in [5.74, 6) is 0. The fraction of sp³-hybridized carbons (Fsp3) is 0.389. The van der Waals surface area contributed by atoms with Gasteiger partial charge in [-0.25, -0.2) is 0 Å². The second-order valence-corrected chi connectivity index (χ2v) is 5.67. The predicted molar refractivity (Wildman–Crippen MR) is 80.7 cm³/mol. The van der Waals surface area contributed by atoms with Gasteiger partial charge >= 0.3 is 0 Å². The van der Waals surface area contributed by atoms with E-state index in [0.717, 1.165) is 29.7 Å². The number of nitrogens with zero attached hydrogens (tertiary/aromatic N) is 1. The Bertz CT molecular complexity index is 592. The van der Waals surface area contributed by atoms with Crippen LogP contribution in [-0.4, -0.2) is 10.1 Å². The fourth-order valence-corrected chi connectivity index (χ4v) is 3.01. The molecule has 0 bridgehead atoms. The van der Waals surface area contributed by atoms with Crippen molar-refractivity contribution in [1.82, 2.24) is 4.98 Å². The molecule has 2 aromatic rings. The van der Waals surface area contributed by atoms with Gasteiger partial charge in [-0.3, -0.25) is 4.98 Å². The largest absolute Gasteiger partial charge is 0.382 e. The van der Waals surface area contributed by atoms with Gasteiger partial charge in [0.15, 0.2) is 0 Å². The normalized spacial score (nSPS) is 16.3. The lowest BCUT2D eigenvalue weighted by Crippen LogP contribution is -2.09. The summed E-state index contributed by atoms with van der Waals surface area (Å²) >= 11 is 0. The van der Waals surface area contributed by atoms with Gasteiger partial charge in [0.1, 0.15) is 6.10 Å². The van der Waals surface area contributed by atoms with Crippen LogP contribution in [0.4, 0.5) is 0 Å². The van der Waals surface area contributed by atoms with Crippen molar-refractivity contribution in [2.24, 2.45) is 0 Å². The number of benzene rings is 1. The highest BCUT2D eigenvalue weighted by Gasteiger charge is 2.18. The maximum Gasteiger partial charge on any atom is 0.121 e. The lowest BCUT2D eigenvalue weighted by molar-refractivity contribution is 0.214. The number of hydrogen-bond donors (Lipinski definition) is 1. The van der Waals surface area contributed by atoms with Gasteiger partial charge in [0.05, 0.1) is 5.69 Å². The second kappa shape index (κ2) is 5.76. The van der Waals surface area contributed by atoms with Crippen molar-refractivity contribution in [1.29, 1.82) is 0 Å². The summed E-state index contributed by atoms with van der Waals surface area (Å²) in [6, 6.07) is 12.0. The second-order valence-electron chi connectivity index (χ2n) is 5.67. The van der Waals surface area contributed by atoms with Crippen LogP contribution in [0.3, 0.4) is 0 Å². The minimum absolute atomic E-state index is 0.621. The number of aliphatic hydroxyl groups excluding tert-OH is 1. The van der Waals surface area contributed by atoms with Crippen molar-refractivity contribution in [2.75, 3.05) is 0 Å². The first kappa shape index (κ1) is 13.3. The average Bonchev–Trinajstić information content (AvgIpc) is 2.71. The molecule has 0 unspecified atom stereocenters. The molecule has 3 rings (SSSR count). The van der Waals surface area contributed by atoms with E-state index in [1.807, 2.05) is 30.3 Å². The first-order chi connectivity index (χ1) is 9.75. The molecule has 2 heteroatoms. The Balaban J connectivity index is 1.99. The van der Waals surface area contributed by atoms with Crippen molar-refractivity contribution >= 4 is 0 Å². The maximum atomic E-state index is 10.6. The third kappa shape index (κ3) is 2.61. The van der Waals surface area contributed by atoms with Gasteiger partial charge in [-0.1, -0.05) is 42.8 Å². The molecule has 1 N–H and O–H groups in total. The van der Waals surface area contributed by atoms with E-state index in [1.165, 1.54) is 30.5 Å². The topological polar surface area (TPSA) is 33.1 Å². The van der Waals surface area contributed by atoms with E-state index < -0.39 is 6.10 Å². The molecule has 0 aliphatic heterocycles. The van der Waals surface area contributed by atoms with Crippen LogP contribution in [0.1, 0.15) is 53.4 Å². The molecule has 0 saturated heterocycles. The van der Waals surface area contributed by atoms with Gasteiger partial charge in [0.25, 0.3) is 0 Å². The minimum Gasteiger partial charge on any atom is -0.382 e. The number of fused-ring (bicyclic) bond motifs is 1. The van der Waals surface area contributed by atoms with Crippen LogP contribution in [0.15, 0.2) is 36.4 Å². The monoisotopic (exact) mass is 267 g/mol. The number of rotatable bonds is 2. The lowest BCUT2D eigenvalue weighted by atomic mass is 9.99. The van der Waals surface area contributed by atoms with Gasteiger partial charge in [0, 0.05) is 5.69 Å². The van der Waals surface area contributed by atoms with Crippen LogP contribution >= 0.6 is 0 Å². The zero-order chi connectivity index (χ0) is 13.9. The standard InChI is InChI=1S/C18H21NO/c1-13-12-15-10-6-3-7-11-16(15)19-17(13)18(20)14-8-4-2-5-9-14/h2,4-5,8-9,12,18,20H,3,6-7,10-11H2,1H3/t18-/m1/s1. The molecule has 20 heavy (non-hydrogen) atoms. The van der Waals surface area contributed by atoms with Crippen molar-refractivity contribution < 1.29 is 5.11 Å². The van der Waals surface area contributed by atoms with E-state index in [-0.39, 0.29) is 0 Å². The van der Waals surface area contributed by atoms with Crippen molar-refractivity contribution in [3.8, 4) is 0 Å². The Kier molecular flexibility index (Phi) is 3.83. The Morgan fingerprint density at radius 3 is 2.60 bits per heavy atom. The first-order valence-corrected chi connectivity index (χ1v) is 7.48. The molecule has 0 saturated carbocycles. The van der Waals surface area contributed by atoms with E-state index in [0.29, 0.717) is 0 Å². The van der Waals surface area contributed by atoms with E-state index in [9.17, 15) is 5.11 Å². The SMILES string of the molecule is Cc1cc2c(nc1[C@H](O)c1ccccc1)CCCCC2. The number of hydrogen-bond acceptors (Lipinski definition) is 2. The summed E-state index contributed by atoms with van der Waals surface area (Å²) in [7, 11) is 0. The molecule has 0 fully saturated rings. The van der Waals surface area contributed by atoms with Gasteiger partial charge in [-0.05, 0) is 49.3 Å². The summed E-state index contributed by atoms with van der Waals surface area (Å²) in [5, 5.41) is 10.6. The molecule has 0 amide bonds. The Hall–Kier alpha value is -1.67. The molecule has 1 heterocycles. The van der Waals surface area contributed by atoms with E-state index in [2.05, 4.69) is 13.0 Å². The van der Waals surface area contributed by atoms with E-state index in [4.69, 9.17) is 4.98 Å². The molecule has 1 aromatic heterocycles. The summed E-state index contributed by atoms with van der Waals surface area (Å²) in [5.41, 5.74) is 5.40. The third-order valence-corrected chi connectivity index (χ3v) is 4.15. The predicted octanol–water partition coefficient (Wildman–Crippen LogP) is 3.74. The molecule has 1 aromatic carbocycles. The Labute approximate surface area is 120 Å². The zero-order valence-electron chi connectivity index (χ0n) is 12.0. The molecule has 0 spiro atoms. The average molecular weight is 267 g/mol. The third-order valence-electron chi connectivity index (χ3n) is 4.15. The van der Waals surface area contributed by atoms with Crippen LogP contribution in [0, 0.1) is 6.92 Å².